The highest BCUT2D eigenvalue weighted by molar-refractivity contribution is 7.12. The number of aryl methyl sites for hydroxylation is 1. The third kappa shape index (κ3) is 4.55. The molecule has 1 N–H and O–H groups in total. The SMILES string of the molecule is CCOc1ccc(-c2nc(CCNC(C)CC)sc2C)cc1. The molecule has 1 atom stereocenters. The molecule has 0 aliphatic rings. The number of benzene rings is 1. The molecule has 0 saturated carbocycles. The van der Waals surface area contributed by atoms with E-state index in [2.05, 4.69) is 38.2 Å². The van der Waals surface area contributed by atoms with Crippen molar-refractivity contribution < 1.29 is 4.74 Å². The predicted molar refractivity (Wildman–Crippen MR) is 94.9 cm³/mol. The van der Waals surface area contributed by atoms with Gasteiger partial charge in [0.25, 0.3) is 0 Å². The first-order chi connectivity index (χ1) is 10.6. The highest BCUT2D eigenvalue weighted by atomic mass is 32.1. The maximum atomic E-state index is 5.49. The fourth-order valence-electron chi connectivity index (χ4n) is 2.27. The van der Waals surface area contributed by atoms with E-state index in [1.807, 2.05) is 19.1 Å². The van der Waals surface area contributed by atoms with Crippen LogP contribution in [0.1, 0.15) is 37.1 Å². The highest BCUT2D eigenvalue weighted by Crippen LogP contribution is 2.29. The van der Waals surface area contributed by atoms with E-state index in [1.54, 1.807) is 11.3 Å². The van der Waals surface area contributed by atoms with Crippen molar-refractivity contribution in [3.05, 3.63) is 34.2 Å². The summed E-state index contributed by atoms with van der Waals surface area (Å²) in [7, 11) is 0. The van der Waals surface area contributed by atoms with Gasteiger partial charge in [0, 0.05) is 29.4 Å². The molecule has 0 aliphatic carbocycles. The van der Waals surface area contributed by atoms with Crippen molar-refractivity contribution in [3.8, 4) is 17.0 Å². The maximum Gasteiger partial charge on any atom is 0.119 e. The van der Waals surface area contributed by atoms with Gasteiger partial charge in [-0.25, -0.2) is 4.98 Å². The number of aromatic nitrogens is 1. The lowest BCUT2D eigenvalue weighted by Crippen LogP contribution is -2.27. The van der Waals surface area contributed by atoms with Crippen LogP contribution in [0.5, 0.6) is 5.75 Å². The standard InChI is InChI=1S/C18H26N2OS/c1-5-13(3)19-12-11-17-20-18(14(4)22-17)15-7-9-16(10-8-15)21-6-2/h7-10,13,19H,5-6,11-12H2,1-4H3. The number of hydrogen-bond acceptors (Lipinski definition) is 4. The molecular weight excluding hydrogens is 292 g/mol. The molecule has 0 amide bonds. The molecule has 2 aromatic rings. The van der Waals surface area contributed by atoms with Crippen LogP contribution in [0, 0.1) is 6.92 Å². The molecule has 0 radical (unpaired) electrons. The Balaban J connectivity index is 2.02. The molecule has 1 unspecified atom stereocenters. The van der Waals surface area contributed by atoms with Crippen LogP contribution in [0.2, 0.25) is 0 Å². The van der Waals surface area contributed by atoms with Gasteiger partial charge in [-0.15, -0.1) is 11.3 Å². The van der Waals surface area contributed by atoms with Crippen molar-refractivity contribution in [1.29, 1.82) is 0 Å². The van der Waals surface area contributed by atoms with E-state index in [4.69, 9.17) is 9.72 Å². The van der Waals surface area contributed by atoms with E-state index in [0.29, 0.717) is 12.6 Å². The molecule has 0 aliphatic heterocycles. The number of rotatable bonds is 8. The Morgan fingerprint density at radius 2 is 1.95 bits per heavy atom. The number of nitrogens with one attached hydrogen (secondary N) is 1. The van der Waals surface area contributed by atoms with Crippen LogP contribution in [0.15, 0.2) is 24.3 Å². The Kier molecular flexibility index (Phi) is 6.40. The van der Waals surface area contributed by atoms with Gasteiger partial charge in [0.1, 0.15) is 5.75 Å². The normalized spacial score (nSPS) is 12.4. The number of nitrogens with zero attached hydrogens (tertiary/aromatic N) is 1. The molecular formula is C18H26N2OS. The summed E-state index contributed by atoms with van der Waals surface area (Å²) in [5.74, 6) is 0.914. The van der Waals surface area contributed by atoms with E-state index >= 15 is 0 Å². The molecule has 1 heterocycles. The van der Waals surface area contributed by atoms with E-state index < -0.39 is 0 Å². The van der Waals surface area contributed by atoms with Crippen molar-refractivity contribution in [3.63, 3.8) is 0 Å². The third-order valence-corrected chi connectivity index (χ3v) is 4.75. The molecule has 22 heavy (non-hydrogen) atoms. The minimum atomic E-state index is 0.576. The van der Waals surface area contributed by atoms with Gasteiger partial charge in [-0.2, -0.15) is 0 Å². The topological polar surface area (TPSA) is 34.1 Å². The lowest BCUT2D eigenvalue weighted by Gasteiger charge is -2.09. The van der Waals surface area contributed by atoms with Gasteiger partial charge in [-0.1, -0.05) is 6.92 Å². The average Bonchev–Trinajstić information content (AvgIpc) is 2.89. The number of thiazole rings is 1. The van der Waals surface area contributed by atoms with Crippen LogP contribution in [0.4, 0.5) is 0 Å². The van der Waals surface area contributed by atoms with Crippen LogP contribution >= 0.6 is 11.3 Å². The summed E-state index contributed by atoms with van der Waals surface area (Å²) in [5.41, 5.74) is 2.27. The summed E-state index contributed by atoms with van der Waals surface area (Å²) >= 11 is 1.80. The van der Waals surface area contributed by atoms with Gasteiger partial charge in [0.15, 0.2) is 0 Å². The van der Waals surface area contributed by atoms with Crippen LogP contribution in [0.3, 0.4) is 0 Å². The molecule has 0 spiro atoms. The monoisotopic (exact) mass is 318 g/mol. The quantitative estimate of drug-likeness (QED) is 0.781. The summed E-state index contributed by atoms with van der Waals surface area (Å²) in [5, 5.41) is 4.73. The van der Waals surface area contributed by atoms with Crippen molar-refractivity contribution >= 4 is 11.3 Å². The second-order valence-electron chi connectivity index (χ2n) is 5.48. The van der Waals surface area contributed by atoms with Crippen LogP contribution in [0.25, 0.3) is 11.3 Å². The molecule has 4 heteroatoms. The van der Waals surface area contributed by atoms with Gasteiger partial charge in [-0.05, 0) is 51.5 Å². The predicted octanol–water partition coefficient (Wildman–Crippen LogP) is 4.45. The molecule has 1 aromatic carbocycles. The summed E-state index contributed by atoms with van der Waals surface area (Å²) < 4.78 is 5.49. The Hall–Kier alpha value is -1.39. The van der Waals surface area contributed by atoms with Crippen molar-refractivity contribution in [2.45, 2.75) is 46.6 Å². The summed E-state index contributed by atoms with van der Waals surface area (Å²) in [4.78, 5) is 6.10. The van der Waals surface area contributed by atoms with Gasteiger partial charge in [0.2, 0.25) is 0 Å². The van der Waals surface area contributed by atoms with E-state index in [9.17, 15) is 0 Å². The van der Waals surface area contributed by atoms with Crippen molar-refractivity contribution in [2.75, 3.05) is 13.2 Å². The van der Waals surface area contributed by atoms with E-state index in [0.717, 1.165) is 30.8 Å². The molecule has 0 bridgehead atoms. The third-order valence-electron chi connectivity index (χ3n) is 3.72. The lowest BCUT2D eigenvalue weighted by atomic mass is 10.1. The number of hydrogen-bond donors (Lipinski definition) is 1. The fourth-order valence-corrected chi connectivity index (χ4v) is 3.23. The average molecular weight is 318 g/mol. The first kappa shape index (κ1) is 17.0. The molecule has 0 saturated heterocycles. The molecule has 2 rings (SSSR count). The molecule has 0 fully saturated rings. The summed E-state index contributed by atoms with van der Waals surface area (Å²) in [6.45, 7) is 10.3. The fraction of sp³-hybridized carbons (Fsp3) is 0.500. The minimum absolute atomic E-state index is 0.576. The Morgan fingerprint density at radius 1 is 1.23 bits per heavy atom. The number of ether oxygens (including phenoxy) is 1. The smallest absolute Gasteiger partial charge is 0.119 e. The zero-order valence-corrected chi connectivity index (χ0v) is 14.8. The highest BCUT2D eigenvalue weighted by Gasteiger charge is 2.10. The molecule has 3 nitrogen and oxygen atoms in total. The van der Waals surface area contributed by atoms with Crippen molar-refractivity contribution in [1.82, 2.24) is 10.3 Å². The zero-order valence-electron chi connectivity index (χ0n) is 14.0. The van der Waals surface area contributed by atoms with Gasteiger partial charge in [-0.3, -0.25) is 0 Å². The van der Waals surface area contributed by atoms with Gasteiger partial charge < -0.3 is 10.1 Å². The Morgan fingerprint density at radius 3 is 2.59 bits per heavy atom. The second-order valence-corrected chi connectivity index (χ2v) is 6.77. The zero-order chi connectivity index (χ0) is 15.9. The van der Waals surface area contributed by atoms with Crippen LogP contribution in [-0.2, 0) is 6.42 Å². The Bertz CT molecular complexity index is 577. The largest absolute Gasteiger partial charge is 0.494 e. The van der Waals surface area contributed by atoms with Gasteiger partial charge in [0.05, 0.1) is 17.3 Å². The van der Waals surface area contributed by atoms with Crippen molar-refractivity contribution in [2.24, 2.45) is 0 Å². The first-order valence-corrected chi connectivity index (χ1v) is 8.88. The van der Waals surface area contributed by atoms with E-state index in [1.165, 1.54) is 15.4 Å². The maximum absolute atomic E-state index is 5.49. The second kappa shape index (κ2) is 8.30. The molecule has 1 aromatic heterocycles. The first-order valence-electron chi connectivity index (χ1n) is 8.07. The van der Waals surface area contributed by atoms with Gasteiger partial charge >= 0.3 is 0 Å². The van der Waals surface area contributed by atoms with Crippen LogP contribution < -0.4 is 10.1 Å². The van der Waals surface area contributed by atoms with Crippen LogP contribution in [-0.4, -0.2) is 24.2 Å². The Labute approximate surface area is 137 Å². The summed E-state index contributed by atoms with van der Waals surface area (Å²) in [6, 6.07) is 8.79. The molecule has 120 valence electrons. The van der Waals surface area contributed by atoms with E-state index in [-0.39, 0.29) is 0 Å². The minimum Gasteiger partial charge on any atom is -0.494 e. The summed E-state index contributed by atoms with van der Waals surface area (Å²) in [6.07, 6.45) is 2.15. The lowest BCUT2D eigenvalue weighted by molar-refractivity contribution is 0.340.